The van der Waals surface area contributed by atoms with Gasteiger partial charge in [0.25, 0.3) is 0 Å². The first-order chi connectivity index (χ1) is 11.9. The van der Waals surface area contributed by atoms with Crippen molar-refractivity contribution in [1.29, 1.82) is 0 Å². The number of fused-ring (bicyclic) bond motifs is 1. The third-order valence-corrected chi connectivity index (χ3v) is 4.08. The molecule has 0 atom stereocenters. The van der Waals surface area contributed by atoms with Crippen LogP contribution in [0.4, 0.5) is 21.9 Å². The van der Waals surface area contributed by atoms with E-state index >= 15 is 0 Å². The van der Waals surface area contributed by atoms with Crippen LogP contribution in [0.1, 0.15) is 13.8 Å². The Morgan fingerprint density at radius 1 is 1.08 bits per heavy atom. The Hall–Kier alpha value is -3.02. The molecule has 6 nitrogen and oxygen atoms in total. The lowest BCUT2D eigenvalue weighted by molar-refractivity contribution is -0.127. The van der Waals surface area contributed by atoms with E-state index in [1.165, 1.54) is 0 Å². The monoisotopic (exact) mass is 339 g/mol. The van der Waals surface area contributed by atoms with Crippen LogP contribution >= 0.6 is 0 Å². The van der Waals surface area contributed by atoms with E-state index in [2.05, 4.69) is 10.6 Å². The Bertz CT molecular complexity index is 803. The molecule has 3 rings (SSSR count). The Morgan fingerprint density at radius 2 is 1.76 bits per heavy atom. The highest BCUT2D eigenvalue weighted by atomic mass is 16.5. The summed E-state index contributed by atoms with van der Waals surface area (Å²) in [5.41, 5.74) is 1.31. The average Bonchev–Trinajstić information content (AvgIpc) is 2.67. The van der Waals surface area contributed by atoms with Gasteiger partial charge in [-0.25, -0.2) is 4.79 Å². The van der Waals surface area contributed by atoms with Crippen molar-refractivity contribution < 1.29 is 14.3 Å². The largest absolute Gasteiger partial charge is 0.490 e. The average molecular weight is 339 g/mol. The van der Waals surface area contributed by atoms with Gasteiger partial charge in [0.1, 0.15) is 12.4 Å². The molecule has 1 aliphatic rings. The fourth-order valence-electron chi connectivity index (χ4n) is 2.68. The van der Waals surface area contributed by atoms with Crippen LogP contribution in [-0.2, 0) is 4.79 Å². The van der Waals surface area contributed by atoms with Gasteiger partial charge < -0.3 is 20.3 Å². The number of hydrogen-bond donors (Lipinski definition) is 2. The number of carbonyl (C=O) groups excluding carboxylic acids is 2. The van der Waals surface area contributed by atoms with Gasteiger partial charge in [-0.1, -0.05) is 18.2 Å². The highest BCUT2D eigenvalue weighted by molar-refractivity contribution is 6.02. The van der Waals surface area contributed by atoms with E-state index in [0.717, 1.165) is 0 Å². The number of para-hydroxylation sites is 1. The predicted molar refractivity (Wildman–Crippen MR) is 98.2 cm³/mol. The highest BCUT2D eigenvalue weighted by Crippen LogP contribution is 2.37. The number of urea groups is 1. The van der Waals surface area contributed by atoms with Gasteiger partial charge >= 0.3 is 6.03 Å². The number of nitrogens with one attached hydrogen (secondary N) is 2. The summed E-state index contributed by atoms with van der Waals surface area (Å²) in [6, 6.07) is 14.1. The first-order valence-corrected chi connectivity index (χ1v) is 8.05. The SMILES string of the molecule is CN1C(=O)C(C)(C)COc2ccc(NC(=O)Nc3ccccc3)cc21. The molecule has 1 aliphatic heterocycles. The third kappa shape index (κ3) is 3.57. The maximum Gasteiger partial charge on any atom is 0.323 e. The Kier molecular flexibility index (Phi) is 4.35. The molecule has 0 bridgehead atoms. The van der Waals surface area contributed by atoms with Crippen LogP contribution in [0.3, 0.4) is 0 Å². The maximum atomic E-state index is 12.6. The van der Waals surface area contributed by atoms with Gasteiger partial charge in [-0.3, -0.25) is 4.79 Å². The standard InChI is InChI=1S/C19H21N3O3/c1-19(2)12-25-16-10-9-14(11-15(16)22(3)17(19)23)21-18(24)20-13-7-5-4-6-8-13/h4-11H,12H2,1-3H3,(H2,20,21,24). The number of carbonyl (C=O) groups is 2. The molecule has 2 aromatic rings. The Balaban J connectivity index is 1.78. The zero-order chi connectivity index (χ0) is 18.0. The van der Waals surface area contributed by atoms with Crippen molar-refractivity contribution in [3.8, 4) is 5.75 Å². The van der Waals surface area contributed by atoms with E-state index in [9.17, 15) is 9.59 Å². The van der Waals surface area contributed by atoms with E-state index in [1.807, 2.05) is 32.0 Å². The molecule has 25 heavy (non-hydrogen) atoms. The lowest BCUT2D eigenvalue weighted by Gasteiger charge is -2.24. The lowest BCUT2D eigenvalue weighted by Crippen LogP contribution is -2.39. The molecule has 0 radical (unpaired) electrons. The molecule has 0 saturated heterocycles. The van der Waals surface area contributed by atoms with E-state index < -0.39 is 5.41 Å². The molecule has 0 spiro atoms. The van der Waals surface area contributed by atoms with Crippen molar-refractivity contribution in [2.45, 2.75) is 13.8 Å². The zero-order valence-electron chi connectivity index (χ0n) is 14.5. The quantitative estimate of drug-likeness (QED) is 0.876. The van der Waals surface area contributed by atoms with Crippen molar-refractivity contribution in [2.24, 2.45) is 5.41 Å². The summed E-state index contributed by atoms with van der Waals surface area (Å²) in [4.78, 5) is 26.3. The molecule has 0 saturated carbocycles. The summed E-state index contributed by atoms with van der Waals surface area (Å²) in [5.74, 6) is 0.590. The van der Waals surface area contributed by atoms with Gasteiger partial charge in [0.15, 0.2) is 0 Å². The van der Waals surface area contributed by atoms with E-state index in [1.54, 1.807) is 42.3 Å². The highest BCUT2D eigenvalue weighted by Gasteiger charge is 2.36. The molecule has 1 heterocycles. The second kappa shape index (κ2) is 6.47. The number of hydrogen-bond acceptors (Lipinski definition) is 3. The van der Waals surface area contributed by atoms with Crippen molar-refractivity contribution >= 4 is 29.0 Å². The van der Waals surface area contributed by atoms with Gasteiger partial charge in [-0.15, -0.1) is 0 Å². The fourth-order valence-corrected chi connectivity index (χ4v) is 2.68. The lowest BCUT2D eigenvalue weighted by atomic mass is 9.93. The first kappa shape index (κ1) is 16.8. The molecule has 0 fully saturated rings. The van der Waals surface area contributed by atoms with Gasteiger partial charge in [0, 0.05) is 18.4 Å². The van der Waals surface area contributed by atoms with Crippen LogP contribution in [0.15, 0.2) is 48.5 Å². The molecular weight excluding hydrogens is 318 g/mol. The molecule has 0 unspecified atom stereocenters. The van der Waals surface area contributed by atoms with Crippen molar-refractivity contribution in [1.82, 2.24) is 0 Å². The second-order valence-corrected chi connectivity index (χ2v) is 6.66. The fraction of sp³-hybridized carbons (Fsp3) is 0.263. The van der Waals surface area contributed by atoms with Crippen molar-refractivity contribution in [3.63, 3.8) is 0 Å². The summed E-state index contributed by atoms with van der Waals surface area (Å²) in [7, 11) is 1.71. The van der Waals surface area contributed by atoms with Crippen LogP contribution in [0.5, 0.6) is 5.75 Å². The molecule has 0 aliphatic carbocycles. The number of benzene rings is 2. The molecule has 3 amide bonds. The minimum Gasteiger partial charge on any atom is -0.490 e. The van der Waals surface area contributed by atoms with Gasteiger partial charge in [-0.2, -0.15) is 0 Å². The number of rotatable bonds is 2. The van der Waals surface area contributed by atoms with Crippen LogP contribution in [0.2, 0.25) is 0 Å². The van der Waals surface area contributed by atoms with E-state index in [-0.39, 0.29) is 11.9 Å². The van der Waals surface area contributed by atoms with Crippen molar-refractivity contribution in [3.05, 3.63) is 48.5 Å². The number of amides is 3. The third-order valence-electron chi connectivity index (χ3n) is 4.08. The summed E-state index contributed by atoms with van der Waals surface area (Å²) < 4.78 is 5.77. The van der Waals surface area contributed by atoms with Crippen LogP contribution in [0, 0.1) is 5.41 Å². The zero-order valence-corrected chi connectivity index (χ0v) is 14.5. The summed E-state index contributed by atoms with van der Waals surface area (Å²) >= 11 is 0. The van der Waals surface area contributed by atoms with Gasteiger partial charge in [-0.05, 0) is 44.2 Å². The van der Waals surface area contributed by atoms with Crippen molar-refractivity contribution in [2.75, 3.05) is 29.2 Å². The van der Waals surface area contributed by atoms with E-state index in [0.29, 0.717) is 29.4 Å². The minimum absolute atomic E-state index is 0.0304. The van der Waals surface area contributed by atoms with Gasteiger partial charge in [0.2, 0.25) is 5.91 Å². The molecular formula is C19H21N3O3. The summed E-state index contributed by atoms with van der Waals surface area (Å²) in [5, 5.41) is 5.53. The van der Waals surface area contributed by atoms with Crippen LogP contribution < -0.4 is 20.3 Å². The predicted octanol–water partition coefficient (Wildman–Crippen LogP) is 3.71. The smallest absolute Gasteiger partial charge is 0.323 e. The van der Waals surface area contributed by atoms with Crippen LogP contribution in [0.25, 0.3) is 0 Å². The topological polar surface area (TPSA) is 70.7 Å². The van der Waals surface area contributed by atoms with E-state index in [4.69, 9.17) is 4.74 Å². The normalized spacial score (nSPS) is 15.6. The Labute approximate surface area is 146 Å². The number of nitrogens with zero attached hydrogens (tertiary/aromatic N) is 1. The molecule has 130 valence electrons. The molecule has 6 heteroatoms. The molecule has 0 aromatic heterocycles. The number of anilines is 3. The molecule has 2 aromatic carbocycles. The molecule has 2 N–H and O–H groups in total. The summed E-state index contributed by atoms with van der Waals surface area (Å²) in [6.45, 7) is 4.01. The first-order valence-electron chi connectivity index (χ1n) is 8.05. The van der Waals surface area contributed by atoms with Crippen LogP contribution in [-0.4, -0.2) is 25.6 Å². The minimum atomic E-state index is -0.605. The maximum absolute atomic E-state index is 12.6. The Morgan fingerprint density at radius 3 is 2.48 bits per heavy atom. The second-order valence-electron chi connectivity index (χ2n) is 6.66. The number of ether oxygens (including phenoxy) is 1. The van der Waals surface area contributed by atoms with Gasteiger partial charge in [0.05, 0.1) is 11.1 Å². The summed E-state index contributed by atoms with van der Waals surface area (Å²) in [6.07, 6.45) is 0.